The Morgan fingerprint density at radius 3 is 2.95 bits per heavy atom. The van der Waals surface area contributed by atoms with Gasteiger partial charge in [0, 0.05) is 17.0 Å². The molecular formula is C14H14ClN7. The van der Waals surface area contributed by atoms with Crippen molar-refractivity contribution in [2.24, 2.45) is 0 Å². The Bertz CT molecular complexity index is 843. The average Bonchev–Trinajstić information content (AvgIpc) is 3.10. The number of nitrogens with zero attached hydrogens (tertiary/aromatic N) is 7. The Hall–Kier alpha value is -2.46. The van der Waals surface area contributed by atoms with Gasteiger partial charge in [0.05, 0.1) is 5.52 Å². The summed E-state index contributed by atoms with van der Waals surface area (Å²) < 4.78 is 3.51. The van der Waals surface area contributed by atoms with Crippen molar-refractivity contribution in [1.82, 2.24) is 30.0 Å². The first-order chi connectivity index (χ1) is 10.7. The molecule has 2 heterocycles. The number of hydrogen-bond acceptors (Lipinski definition) is 5. The Kier molecular flexibility index (Phi) is 4.02. The Morgan fingerprint density at radius 1 is 1.32 bits per heavy atom. The predicted molar refractivity (Wildman–Crippen MR) is 81.3 cm³/mol. The summed E-state index contributed by atoms with van der Waals surface area (Å²) in [6.07, 6.45) is 2.08. The molecule has 3 aromatic rings. The molecule has 0 saturated carbocycles. The number of hydrogen-bond donors (Lipinski definition) is 0. The summed E-state index contributed by atoms with van der Waals surface area (Å²) in [6, 6.07) is 7.48. The van der Waals surface area contributed by atoms with Gasteiger partial charge in [0.25, 0.3) is 0 Å². The zero-order chi connectivity index (χ0) is 15.5. The molecule has 0 aliphatic rings. The maximum Gasteiger partial charge on any atom is 0.172 e. The van der Waals surface area contributed by atoms with Gasteiger partial charge in [0.15, 0.2) is 11.5 Å². The fourth-order valence-electron chi connectivity index (χ4n) is 2.31. The van der Waals surface area contributed by atoms with Crippen molar-refractivity contribution in [1.29, 1.82) is 5.26 Å². The van der Waals surface area contributed by atoms with Crippen molar-refractivity contribution in [2.75, 3.05) is 0 Å². The van der Waals surface area contributed by atoms with Crippen molar-refractivity contribution >= 4 is 22.5 Å². The number of aryl methyl sites for hydroxylation is 1. The Balaban J connectivity index is 1.98. The molecule has 0 amide bonds. The van der Waals surface area contributed by atoms with Crippen LogP contribution in [0.2, 0.25) is 5.02 Å². The largest absolute Gasteiger partial charge is 0.256 e. The van der Waals surface area contributed by atoms with Crippen LogP contribution in [-0.2, 0) is 13.1 Å². The van der Waals surface area contributed by atoms with Crippen LogP contribution >= 0.6 is 11.6 Å². The molecule has 0 atom stereocenters. The second kappa shape index (κ2) is 6.12. The minimum Gasteiger partial charge on any atom is -0.256 e. The molecule has 0 N–H and O–H groups in total. The number of halogens is 1. The topological polar surface area (TPSA) is 85.2 Å². The first kappa shape index (κ1) is 14.5. The highest BCUT2D eigenvalue weighted by atomic mass is 35.5. The summed E-state index contributed by atoms with van der Waals surface area (Å²) in [4.78, 5) is 0. The summed E-state index contributed by atoms with van der Waals surface area (Å²) in [5.74, 6) is 0.720. The van der Waals surface area contributed by atoms with Crippen molar-refractivity contribution < 1.29 is 0 Å². The highest BCUT2D eigenvalue weighted by Gasteiger charge is 2.14. The molecule has 2 aromatic heterocycles. The molecule has 8 heteroatoms. The van der Waals surface area contributed by atoms with E-state index in [0.717, 1.165) is 36.1 Å². The maximum atomic E-state index is 9.22. The van der Waals surface area contributed by atoms with Gasteiger partial charge in [-0.3, -0.25) is 4.68 Å². The van der Waals surface area contributed by atoms with Crippen LogP contribution in [0.15, 0.2) is 18.2 Å². The van der Waals surface area contributed by atoms with E-state index < -0.39 is 0 Å². The van der Waals surface area contributed by atoms with Gasteiger partial charge in [-0.1, -0.05) is 24.9 Å². The summed E-state index contributed by atoms with van der Waals surface area (Å²) >= 11 is 6.00. The lowest BCUT2D eigenvalue weighted by molar-refractivity contribution is 0.517. The first-order valence-corrected chi connectivity index (χ1v) is 7.42. The standard InChI is InChI=1S/C14H14ClN7/c1-2-3-6-21-14(17-19-20-21)9-22-13-5-4-10(15)7-11(13)12(8-16)18-22/h4-5,7H,2-3,6,9H2,1H3. The molecule has 0 aliphatic heterocycles. The third kappa shape index (κ3) is 2.65. The van der Waals surface area contributed by atoms with Crippen molar-refractivity contribution in [3.63, 3.8) is 0 Å². The highest BCUT2D eigenvalue weighted by Crippen LogP contribution is 2.22. The average molecular weight is 316 g/mol. The van der Waals surface area contributed by atoms with Gasteiger partial charge >= 0.3 is 0 Å². The van der Waals surface area contributed by atoms with Crippen LogP contribution in [0.4, 0.5) is 0 Å². The maximum absolute atomic E-state index is 9.22. The van der Waals surface area contributed by atoms with Crippen LogP contribution in [0.1, 0.15) is 31.3 Å². The minimum atomic E-state index is 0.352. The monoisotopic (exact) mass is 315 g/mol. The van der Waals surface area contributed by atoms with Crippen LogP contribution < -0.4 is 0 Å². The third-order valence-corrected chi connectivity index (χ3v) is 3.67. The number of benzene rings is 1. The van der Waals surface area contributed by atoms with Crippen LogP contribution in [0.25, 0.3) is 10.9 Å². The van der Waals surface area contributed by atoms with Gasteiger partial charge in [-0.05, 0) is 35.0 Å². The smallest absolute Gasteiger partial charge is 0.172 e. The second-order valence-electron chi connectivity index (χ2n) is 4.95. The number of fused-ring (bicyclic) bond motifs is 1. The molecule has 112 valence electrons. The van der Waals surface area contributed by atoms with Crippen molar-refractivity contribution in [3.05, 3.63) is 34.7 Å². The third-order valence-electron chi connectivity index (χ3n) is 3.44. The molecule has 0 spiro atoms. The summed E-state index contributed by atoms with van der Waals surface area (Å²) in [5.41, 5.74) is 1.19. The van der Waals surface area contributed by atoms with Crippen LogP contribution in [0.5, 0.6) is 0 Å². The number of aromatic nitrogens is 6. The van der Waals surface area contributed by atoms with E-state index in [4.69, 9.17) is 11.6 Å². The van der Waals surface area contributed by atoms with Gasteiger partial charge in [0.2, 0.25) is 0 Å². The molecule has 0 saturated heterocycles. The Morgan fingerprint density at radius 2 is 2.18 bits per heavy atom. The van der Waals surface area contributed by atoms with Gasteiger partial charge < -0.3 is 0 Å². The molecule has 1 aromatic carbocycles. The van der Waals surface area contributed by atoms with E-state index in [9.17, 15) is 5.26 Å². The van der Waals surface area contributed by atoms with Crippen LogP contribution in [-0.4, -0.2) is 30.0 Å². The minimum absolute atomic E-state index is 0.352. The zero-order valence-corrected chi connectivity index (χ0v) is 12.8. The van der Waals surface area contributed by atoms with E-state index in [-0.39, 0.29) is 0 Å². The molecule has 0 unspecified atom stereocenters. The number of nitriles is 1. The van der Waals surface area contributed by atoms with E-state index >= 15 is 0 Å². The molecule has 0 radical (unpaired) electrons. The van der Waals surface area contributed by atoms with E-state index in [0.29, 0.717) is 17.3 Å². The van der Waals surface area contributed by atoms with Gasteiger partial charge in [0.1, 0.15) is 12.6 Å². The normalized spacial score (nSPS) is 11.0. The lowest BCUT2D eigenvalue weighted by Gasteiger charge is -2.05. The molecule has 0 aliphatic carbocycles. The second-order valence-corrected chi connectivity index (χ2v) is 5.39. The van der Waals surface area contributed by atoms with E-state index in [1.165, 1.54) is 0 Å². The Labute approximate surface area is 132 Å². The quantitative estimate of drug-likeness (QED) is 0.721. The number of tetrazole rings is 1. The predicted octanol–water partition coefficient (Wildman–Crippen LogP) is 2.40. The fraction of sp³-hybridized carbons (Fsp3) is 0.357. The summed E-state index contributed by atoms with van der Waals surface area (Å²) in [7, 11) is 0. The van der Waals surface area contributed by atoms with Gasteiger partial charge in [-0.2, -0.15) is 10.4 Å². The lowest BCUT2D eigenvalue weighted by atomic mass is 10.2. The van der Waals surface area contributed by atoms with E-state index in [1.807, 2.05) is 6.07 Å². The summed E-state index contributed by atoms with van der Waals surface area (Å²) in [5, 5.41) is 26.7. The number of rotatable bonds is 5. The van der Waals surface area contributed by atoms with Crippen molar-refractivity contribution in [3.8, 4) is 6.07 Å². The molecule has 0 bridgehead atoms. The van der Waals surface area contributed by atoms with Crippen molar-refractivity contribution in [2.45, 2.75) is 32.9 Å². The van der Waals surface area contributed by atoms with Gasteiger partial charge in [-0.25, -0.2) is 4.68 Å². The van der Waals surface area contributed by atoms with Gasteiger partial charge in [-0.15, -0.1) is 5.10 Å². The molecule has 0 fully saturated rings. The SMILES string of the molecule is CCCCn1nnnc1Cn1nc(C#N)c2cc(Cl)ccc21. The van der Waals surface area contributed by atoms with Crippen LogP contribution in [0, 0.1) is 11.3 Å². The number of unbranched alkanes of at least 4 members (excludes halogenated alkanes) is 1. The molecular weight excluding hydrogens is 302 g/mol. The van der Waals surface area contributed by atoms with E-state index in [2.05, 4.69) is 33.6 Å². The summed E-state index contributed by atoms with van der Waals surface area (Å²) in [6.45, 7) is 3.31. The van der Waals surface area contributed by atoms with Crippen LogP contribution in [0.3, 0.4) is 0 Å². The fourth-order valence-corrected chi connectivity index (χ4v) is 2.48. The molecule has 7 nitrogen and oxygen atoms in total. The van der Waals surface area contributed by atoms with E-state index in [1.54, 1.807) is 21.5 Å². The first-order valence-electron chi connectivity index (χ1n) is 7.04. The highest BCUT2D eigenvalue weighted by molar-refractivity contribution is 6.31. The molecule has 3 rings (SSSR count). The lowest BCUT2D eigenvalue weighted by Crippen LogP contribution is -2.11. The zero-order valence-electron chi connectivity index (χ0n) is 12.1. The molecule has 22 heavy (non-hydrogen) atoms.